The lowest BCUT2D eigenvalue weighted by atomic mass is 10.00. The Balaban J connectivity index is 0.00000274. The second-order valence-corrected chi connectivity index (χ2v) is 10.2. The molecule has 5 rings (SSSR count). The van der Waals surface area contributed by atoms with Gasteiger partial charge in [0.2, 0.25) is 0 Å². The van der Waals surface area contributed by atoms with Crippen LogP contribution >= 0.6 is 0 Å². The van der Waals surface area contributed by atoms with Crippen molar-refractivity contribution in [2.75, 3.05) is 32.6 Å². The number of quaternary nitrogens is 1. The van der Waals surface area contributed by atoms with E-state index in [1.165, 1.54) is 33.8 Å². The molecule has 1 aliphatic rings. The van der Waals surface area contributed by atoms with Crippen LogP contribution in [0.5, 0.6) is 0 Å². The number of fused-ring (bicyclic) bond motifs is 2. The van der Waals surface area contributed by atoms with Crippen molar-refractivity contribution in [2.24, 2.45) is 0 Å². The highest BCUT2D eigenvalue weighted by atomic mass is 127. The summed E-state index contributed by atoms with van der Waals surface area (Å²) in [5.41, 5.74) is 7.49. The first-order valence-corrected chi connectivity index (χ1v) is 11.6. The van der Waals surface area contributed by atoms with E-state index in [1.54, 1.807) is 12.1 Å². The van der Waals surface area contributed by atoms with Gasteiger partial charge in [-0.3, -0.25) is 0 Å². The van der Waals surface area contributed by atoms with Crippen molar-refractivity contribution in [3.05, 3.63) is 94.6 Å². The first-order chi connectivity index (χ1) is 15.8. The second kappa shape index (κ2) is 9.66. The highest BCUT2D eigenvalue weighted by molar-refractivity contribution is 5.94. The Bertz CT molecular complexity index is 1320. The standard InChI is InChI=1S/C28H32FN4.HI/c1-20-26(19-33(2,3)4)25-12-14-30-28(31-15-13-22-9-5-6-10-23(22)18-31)27(25)32(20)17-21-8-7-11-24(29)16-21;/h5-12,14,16H,13,15,17-19H2,1-4H3;1H/q+1;/p-1. The summed E-state index contributed by atoms with van der Waals surface area (Å²) in [5, 5.41) is 1.25. The monoisotopic (exact) mass is 570 g/mol. The molecule has 4 nitrogen and oxygen atoms in total. The SMILES string of the molecule is Cc1c(C[N+](C)(C)C)c2ccnc(N3CCc4ccccc4C3)c2n1Cc1cccc(F)c1.[I-]. The molecule has 6 heteroatoms. The van der Waals surface area contributed by atoms with Crippen molar-refractivity contribution in [3.63, 3.8) is 0 Å². The Morgan fingerprint density at radius 1 is 1.00 bits per heavy atom. The Hall–Kier alpha value is -2.45. The van der Waals surface area contributed by atoms with E-state index in [0.29, 0.717) is 6.54 Å². The zero-order valence-electron chi connectivity index (χ0n) is 20.4. The number of nitrogens with zero attached hydrogens (tertiary/aromatic N) is 4. The van der Waals surface area contributed by atoms with Gasteiger partial charge in [-0.2, -0.15) is 0 Å². The molecule has 34 heavy (non-hydrogen) atoms. The molecule has 0 fully saturated rings. The second-order valence-electron chi connectivity index (χ2n) is 10.2. The van der Waals surface area contributed by atoms with Crippen LogP contribution in [0.2, 0.25) is 0 Å². The number of aromatic nitrogens is 2. The van der Waals surface area contributed by atoms with E-state index in [9.17, 15) is 4.39 Å². The predicted octanol–water partition coefficient (Wildman–Crippen LogP) is 2.31. The van der Waals surface area contributed by atoms with Gasteiger partial charge in [-0.1, -0.05) is 36.4 Å². The van der Waals surface area contributed by atoms with Crippen LogP contribution in [-0.2, 0) is 26.1 Å². The van der Waals surface area contributed by atoms with E-state index in [1.807, 2.05) is 12.3 Å². The molecule has 0 radical (unpaired) electrons. The van der Waals surface area contributed by atoms with Crippen molar-refractivity contribution in [3.8, 4) is 0 Å². The molecule has 0 saturated carbocycles. The molecule has 178 valence electrons. The minimum atomic E-state index is -0.195. The van der Waals surface area contributed by atoms with Gasteiger partial charge >= 0.3 is 0 Å². The van der Waals surface area contributed by atoms with Crippen LogP contribution in [-0.4, -0.2) is 41.7 Å². The third kappa shape index (κ3) is 4.84. The fourth-order valence-electron chi connectivity index (χ4n) is 5.08. The molecule has 0 bridgehead atoms. The van der Waals surface area contributed by atoms with Crippen LogP contribution < -0.4 is 28.9 Å². The lowest BCUT2D eigenvalue weighted by molar-refractivity contribution is -0.883. The highest BCUT2D eigenvalue weighted by Crippen LogP contribution is 2.35. The smallest absolute Gasteiger partial charge is 0.153 e. The number of hydrogen-bond donors (Lipinski definition) is 0. The lowest BCUT2D eigenvalue weighted by Crippen LogP contribution is -3.00. The first-order valence-electron chi connectivity index (χ1n) is 11.6. The summed E-state index contributed by atoms with van der Waals surface area (Å²) in [7, 11) is 6.66. The molecule has 2 aromatic heterocycles. The van der Waals surface area contributed by atoms with Crippen LogP contribution in [0.15, 0.2) is 60.8 Å². The number of anilines is 1. The minimum Gasteiger partial charge on any atom is -1.00 e. The molecule has 4 aromatic rings. The fourth-order valence-corrected chi connectivity index (χ4v) is 5.08. The van der Waals surface area contributed by atoms with Crippen LogP contribution in [0.3, 0.4) is 0 Å². The van der Waals surface area contributed by atoms with E-state index in [4.69, 9.17) is 4.98 Å². The van der Waals surface area contributed by atoms with Gasteiger partial charge < -0.3 is 37.9 Å². The summed E-state index contributed by atoms with van der Waals surface area (Å²) in [4.78, 5) is 7.30. The lowest BCUT2D eigenvalue weighted by Gasteiger charge is -2.30. The molecule has 0 N–H and O–H groups in total. The molecule has 0 aliphatic carbocycles. The molecule has 3 heterocycles. The maximum Gasteiger partial charge on any atom is 0.153 e. The van der Waals surface area contributed by atoms with Gasteiger partial charge in [-0.25, -0.2) is 9.37 Å². The molecular formula is C28H32FIN4. The Labute approximate surface area is 218 Å². The Morgan fingerprint density at radius 2 is 1.76 bits per heavy atom. The van der Waals surface area contributed by atoms with Crippen molar-refractivity contribution in [2.45, 2.75) is 33.0 Å². The van der Waals surface area contributed by atoms with Gasteiger partial charge in [-0.05, 0) is 48.2 Å². The van der Waals surface area contributed by atoms with Crippen molar-refractivity contribution >= 4 is 16.7 Å². The van der Waals surface area contributed by atoms with E-state index < -0.39 is 0 Å². The van der Waals surface area contributed by atoms with Gasteiger partial charge in [0.25, 0.3) is 0 Å². The van der Waals surface area contributed by atoms with Crippen molar-refractivity contribution < 1.29 is 32.9 Å². The van der Waals surface area contributed by atoms with E-state index >= 15 is 0 Å². The summed E-state index contributed by atoms with van der Waals surface area (Å²) in [6.07, 6.45) is 2.97. The van der Waals surface area contributed by atoms with Crippen LogP contribution in [0.1, 0.15) is 27.9 Å². The Kier molecular flexibility index (Phi) is 7.01. The van der Waals surface area contributed by atoms with Crippen LogP contribution in [0.25, 0.3) is 10.9 Å². The summed E-state index contributed by atoms with van der Waals surface area (Å²) in [5.74, 6) is 0.827. The van der Waals surface area contributed by atoms with Gasteiger partial charge in [0.1, 0.15) is 12.4 Å². The largest absolute Gasteiger partial charge is 1.00 e. The maximum absolute atomic E-state index is 14.0. The molecular weight excluding hydrogens is 538 g/mol. The van der Waals surface area contributed by atoms with Gasteiger partial charge in [0.15, 0.2) is 5.82 Å². The number of pyridine rings is 1. The highest BCUT2D eigenvalue weighted by Gasteiger charge is 2.26. The normalized spacial score (nSPS) is 13.6. The third-order valence-corrected chi connectivity index (χ3v) is 6.63. The van der Waals surface area contributed by atoms with Gasteiger partial charge in [0.05, 0.1) is 26.7 Å². The zero-order chi connectivity index (χ0) is 23.2. The van der Waals surface area contributed by atoms with E-state index in [0.717, 1.165) is 47.4 Å². The molecule has 0 spiro atoms. The molecule has 0 saturated heterocycles. The van der Waals surface area contributed by atoms with Gasteiger partial charge in [-0.15, -0.1) is 0 Å². The average Bonchev–Trinajstić information content (AvgIpc) is 3.03. The van der Waals surface area contributed by atoms with E-state index in [-0.39, 0.29) is 29.8 Å². The maximum atomic E-state index is 14.0. The quantitative estimate of drug-likeness (QED) is 0.272. The Morgan fingerprint density at radius 3 is 2.50 bits per heavy atom. The fraction of sp³-hybridized carbons (Fsp3) is 0.321. The number of halogens is 2. The molecule has 2 aromatic carbocycles. The summed E-state index contributed by atoms with van der Waals surface area (Å²) in [6, 6.07) is 17.8. The van der Waals surface area contributed by atoms with Crippen molar-refractivity contribution in [1.82, 2.24) is 9.55 Å². The summed E-state index contributed by atoms with van der Waals surface area (Å²) in [6.45, 7) is 5.54. The predicted molar refractivity (Wildman–Crippen MR) is 133 cm³/mol. The van der Waals surface area contributed by atoms with Gasteiger partial charge in [0, 0.05) is 42.5 Å². The summed E-state index contributed by atoms with van der Waals surface area (Å²) < 4.78 is 17.2. The third-order valence-electron chi connectivity index (χ3n) is 6.63. The van der Waals surface area contributed by atoms with E-state index in [2.05, 4.69) is 67.9 Å². The average molecular weight is 570 g/mol. The molecule has 0 unspecified atom stereocenters. The molecule has 0 atom stereocenters. The molecule has 1 aliphatic heterocycles. The first kappa shape index (κ1) is 24.7. The summed E-state index contributed by atoms with van der Waals surface area (Å²) >= 11 is 0. The van der Waals surface area contributed by atoms with Crippen LogP contribution in [0.4, 0.5) is 10.2 Å². The number of benzene rings is 2. The van der Waals surface area contributed by atoms with Crippen LogP contribution in [0, 0.1) is 12.7 Å². The molecule has 0 amide bonds. The number of hydrogen-bond acceptors (Lipinski definition) is 2. The van der Waals surface area contributed by atoms with Crippen molar-refractivity contribution in [1.29, 1.82) is 0 Å². The zero-order valence-corrected chi connectivity index (χ0v) is 22.5. The minimum absolute atomic E-state index is 0. The number of rotatable bonds is 5. The topological polar surface area (TPSA) is 21.1 Å².